The second-order valence-electron chi connectivity index (χ2n) is 3.36. The van der Waals surface area contributed by atoms with E-state index in [-0.39, 0.29) is 13.0 Å². The number of hydrogen-bond acceptors (Lipinski definition) is 2. The molecule has 0 bridgehead atoms. The third kappa shape index (κ3) is 3.18. The normalized spacial score (nSPS) is 36.6. The fourth-order valence-corrected chi connectivity index (χ4v) is 3.39. The van der Waals surface area contributed by atoms with Crippen molar-refractivity contribution >= 4 is 18.1 Å². The molecule has 1 saturated heterocycles. The van der Waals surface area contributed by atoms with E-state index in [0.29, 0.717) is 0 Å². The molecule has 0 saturated carbocycles. The Labute approximate surface area is 98.9 Å². The van der Waals surface area contributed by atoms with Gasteiger partial charge in [-0.1, -0.05) is 24.3 Å². The van der Waals surface area contributed by atoms with Crippen molar-refractivity contribution in [3.63, 3.8) is 0 Å². The minimum Gasteiger partial charge on any atom is -0.306 e. The van der Waals surface area contributed by atoms with Crippen molar-refractivity contribution in [2.24, 2.45) is 0 Å². The van der Waals surface area contributed by atoms with Gasteiger partial charge < -0.3 is 4.52 Å². The van der Waals surface area contributed by atoms with Crippen LogP contribution < -0.4 is 0 Å². The van der Waals surface area contributed by atoms with Gasteiger partial charge in [0.2, 0.25) is 0 Å². The highest BCUT2D eigenvalue weighted by Gasteiger charge is 2.36. The van der Waals surface area contributed by atoms with Crippen LogP contribution in [0.4, 0.5) is 0 Å². The smallest absolute Gasteiger partial charge is 0.306 e. The molecule has 5 heteroatoms. The second kappa shape index (κ2) is 5.31. The van der Waals surface area contributed by atoms with Crippen LogP contribution in [-0.2, 0) is 9.09 Å². The summed E-state index contributed by atoms with van der Waals surface area (Å²) in [5.41, 5.74) is 0.829. The van der Waals surface area contributed by atoms with E-state index in [1.807, 2.05) is 6.92 Å². The molecule has 1 rings (SSSR count). The van der Waals surface area contributed by atoms with Crippen molar-refractivity contribution in [2.75, 3.05) is 13.1 Å². The third-order valence-electron chi connectivity index (χ3n) is 2.29. The highest BCUT2D eigenvalue weighted by atomic mass is 35.7. The van der Waals surface area contributed by atoms with Crippen LogP contribution in [0.3, 0.4) is 0 Å². The predicted molar refractivity (Wildman–Crippen MR) is 64.2 cm³/mol. The first-order valence-electron chi connectivity index (χ1n) is 5.75. The fourth-order valence-electron chi connectivity index (χ4n) is 1.33. The van der Waals surface area contributed by atoms with Gasteiger partial charge >= 0.3 is 6.87 Å². The lowest BCUT2D eigenvalue weighted by molar-refractivity contribution is 0.203. The Balaban J connectivity index is 3.09. The zero-order valence-corrected chi connectivity index (χ0v) is 10.6. The number of hydrogen-bond donors (Lipinski definition) is 0. The molecule has 1 fully saturated rings. The molecule has 1 aliphatic rings. The van der Waals surface area contributed by atoms with E-state index in [0.717, 1.165) is 10.2 Å². The van der Waals surface area contributed by atoms with Gasteiger partial charge in [0.25, 0.3) is 0 Å². The highest BCUT2D eigenvalue weighted by molar-refractivity contribution is 7.83. The average Bonchev–Trinajstić information content (AvgIpc) is 2.14. The van der Waals surface area contributed by atoms with Crippen LogP contribution in [-0.4, -0.2) is 23.8 Å². The van der Waals surface area contributed by atoms with Gasteiger partial charge in [-0.2, -0.15) is 0 Å². The lowest BCUT2D eigenvalue weighted by Crippen LogP contribution is -2.34. The molecule has 0 radical (unpaired) electrons. The molecule has 2 atom stereocenters. The molecule has 2 unspecified atom stereocenters. The molecule has 86 valence electrons. The minimum atomic E-state index is -3.60. The summed E-state index contributed by atoms with van der Waals surface area (Å²) in [4.78, 5) is 0. The quantitative estimate of drug-likeness (QED) is 0.567. The van der Waals surface area contributed by atoms with Crippen molar-refractivity contribution in [1.29, 1.82) is 0 Å². The van der Waals surface area contributed by atoms with E-state index in [4.69, 9.17) is 18.5 Å². The summed E-state index contributed by atoms with van der Waals surface area (Å²) in [5, 5.41) is 0. The van der Waals surface area contributed by atoms with Gasteiger partial charge in [-0.3, -0.25) is 4.57 Å². The molecular formula is C10H17ClNO2P. The first-order chi connectivity index (χ1) is 7.72. The average molecular weight is 252 g/mol. The Bertz CT molecular complexity index is 387. The van der Waals surface area contributed by atoms with E-state index in [9.17, 15) is 4.57 Å². The maximum Gasteiger partial charge on any atom is 0.363 e. The Hall–Kier alpha value is -0.0800. The lowest BCUT2D eigenvalue weighted by atomic mass is 10.1. The Morgan fingerprint density at radius 1 is 1.87 bits per heavy atom. The van der Waals surface area contributed by atoms with Crippen LogP contribution in [0.2, 0.25) is 0 Å². The molecule has 1 aliphatic heterocycles. The molecule has 1 heterocycles. The molecule has 0 N–H and O–H groups in total. The number of rotatable bonds is 3. The maximum absolute atomic E-state index is 12.1. The number of halogens is 1. The Morgan fingerprint density at radius 2 is 2.53 bits per heavy atom. The van der Waals surface area contributed by atoms with Crippen molar-refractivity contribution in [1.82, 2.24) is 4.67 Å². The van der Waals surface area contributed by atoms with Crippen LogP contribution in [0.5, 0.6) is 0 Å². The van der Waals surface area contributed by atoms with Crippen LogP contribution in [0.1, 0.15) is 23.0 Å². The van der Waals surface area contributed by atoms with Crippen molar-refractivity contribution in [3.8, 4) is 0 Å². The molecule has 0 aromatic rings. The second-order valence-corrected chi connectivity index (χ2v) is 6.23. The van der Waals surface area contributed by atoms with Gasteiger partial charge in [-0.25, -0.2) is 4.67 Å². The van der Waals surface area contributed by atoms with E-state index < -0.39 is 19.4 Å². The molecule has 0 aromatic heterocycles. The van der Waals surface area contributed by atoms with Gasteiger partial charge in [-0.15, -0.1) is 0 Å². The molecule has 15 heavy (non-hydrogen) atoms. The monoisotopic (exact) mass is 251 g/mol. The van der Waals surface area contributed by atoms with Gasteiger partial charge in [0.05, 0.1) is 6.61 Å². The zero-order chi connectivity index (χ0) is 13.3. The predicted octanol–water partition coefficient (Wildman–Crippen LogP) is 3.58. The summed E-state index contributed by atoms with van der Waals surface area (Å²) in [5.74, 6) is 0. The molecule has 3 nitrogen and oxygen atoms in total. The highest BCUT2D eigenvalue weighted by Crippen LogP contribution is 2.59. The molecule has 0 aromatic carbocycles. The summed E-state index contributed by atoms with van der Waals surface area (Å²) in [6.45, 7) is 1.88. The summed E-state index contributed by atoms with van der Waals surface area (Å²) in [6.07, 6.45) is 3.49. The van der Waals surface area contributed by atoms with E-state index in [1.165, 1.54) is 0 Å². The lowest BCUT2D eigenvalue weighted by Gasteiger charge is -2.35. The summed E-state index contributed by atoms with van der Waals surface area (Å²) < 4.78 is 34.0. The standard InChI is InChI=1S/C10H17ClNO2P/c1-4-6-9(2)10(3)12-7-5-8-14-15(12,11)13/h4,6,10H,1,5,7-8H2,2-3H3/i7D2. The van der Waals surface area contributed by atoms with Gasteiger partial charge in [0, 0.05) is 15.3 Å². The maximum atomic E-state index is 12.1. The number of nitrogens with zero attached hydrogens (tertiary/aromatic N) is 1. The first kappa shape index (κ1) is 10.1. The van der Waals surface area contributed by atoms with Crippen LogP contribution in [0.25, 0.3) is 0 Å². The SMILES string of the molecule is [2H]C1([2H])CCOP(=O)(Cl)N1C(C)C(C)=CC=C. The largest absolute Gasteiger partial charge is 0.363 e. The number of allylic oxidation sites excluding steroid dienone is 2. The van der Waals surface area contributed by atoms with Gasteiger partial charge in [0.1, 0.15) is 0 Å². The Morgan fingerprint density at radius 3 is 3.07 bits per heavy atom. The van der Waals surface area contributed by atoms with E-state index >= 15 is 0 Å². The van der Waals surface area contributed by atoms with Crippen molar-refractivity contribution in [3.05, 3.63) is 24.3 Å². The summed E-state index contributed by atoms with van der Waals surface area (Å²) >= 11 is 5.83. The zero-order valence-electron chi connectivity index (χ0n) is 10.9. The molecule has 0 aliphatic carbocycles. The molecule has 0 amide bonds. The fraction of sp³-hybridized carbons (Fsp3) is 0.600. The summed E-state index contributed by atoms with van der Waals surface area (Å²) in [7, 11) is 0. The van der Waals surface area contributed by atoms with Gasteiger partial charge in [-0.05, 0) is 31.5 Å². The van der Waals surface area contributed by atoms with Crippen molar-refractivity contribution in [2.45, 2.75) is 26.3 Å². The summed E-state index contributed by atoms with van der Waals surface area (Å²) in [6, 6.07) is -0.411. The van der Waals surface area contributed by atoms with Crippen LogP contribution >= 0.6 is 18.1 Å². The molecular weight excluding hydrogens is 233 g/mol. The van der Waals surface area contributed by atoms with Crippen LogP contribution in [0.15, 0.2) is 24.3 Å². The minimum absolute atomic E-state index is 0.0707. The van der Waals surface area contributed by atoms with E-state index in [1.54, 1.807) is 19.1 Å². The topological polar surface area (TPSA) is 29.5 Å². The third-order valence-corrected chi connectivity index (χ3v) is 4.58. The van der Waals surface area contributed by atoms with Crippen molar-refractivity contribution < 1.29 is 11.8 Å². The van der Waals surface area contributed by atoms with Gasteiger partial charge in [0.15, 0.2) is 0 Å². The van der Waals surface area contributed by atoms with E-state index in [2.05, 4.69) is 6.58 Å². The Kier molecular flexibility index (Phi) is 3.57. The van der Waals surface area contributed by atoms with Crippen LogP contribution in [0, 0.1) is 0 Å². The molecule has 0 spiro atoms. The first-order valence-corrected chi connectivity index (χ1v) is 7.24.